The van der Waals surface area contributed by atoms with E-state index >= 15 is 0 Å². The molecule has 0 bridgehead atoms. The van der Waals surface area contributed by atoms with Gasteiger partial charge in [-0.05, 0) is 56.1 Å². The molecule has 1 aliphatic carbocycles. The molecule has 3 nitrogen and oxygen atoms in total. The normalized spacial score (nSPS) is 26.9. The van der Waals surface area contributed by atoms with Gasteiger partial charge in [0.25, 0.3) is 0 Å². The monoisotopic (exact) mass is 290 g/mol. The Morgan fingerprint density at radius 2 is 1.95 bits per heavy atom. The Morgan fingerprint density at radius 3 is 2.57 bits per heavy atom. The molecular weight excluding hydrogens is 260 g/mol. The van der Waals surface area contributed by atoms with Crippen LogP contribution in [-0.4, -0.2) is 17.1 Å². The maximum Gasteiger partial charge on any atom is 0.138 e. The largest absolute Gasteiger partial charge is 0.489 e. The van der Waals surface area contributed by atoms with Crippen molar-refractivity contribution in [2.75, 3.05) is 0 Å². The lowest BCUT2D eigenvalue weighted by Gasteiger charge is -2.40. The first kappa shape index (κ1) is 16.3. The van der Waals surface area contributed by atoms with Crippen LogP contribution in [0.2, 0.25) is 0 Å². The number of hydrogen-bond donors (Lipinski definition) is 1. The van der Waals surface area contributed by atoms with Crippen LogP contribution in [0.4, 0.5) is 0 Å². The van der Waals surface area contributed by atoms with E-state index in [0.29, 0.717) is 11.3 Å². The Morgan fingerprint density at radius 1 is 1.24 bits per heavy atom. The van der Waals surface area contributed by atoms with E-state index in [-0.39, 0.29) is 12.1 Å². The second-order valence-electron chi connectivity index (χ2n) is 7.77. The minimum atomic E-state index is 0.171. The van der Waals surface area contributed by atoms with E-state index in [0.717, 1.165) is 24.5 Å². The van der Waals surface area contributed by atoms with E-state index in [4.69, 9.17) is 10.5 Å². The molecule has 2 rings (SSSR count). The van der Waals surface area contributed by atoms with Gasteiger partial charge in [0.05, 0.1) is 12.3 Å². The summed E-state index contributed by atoms with van der Waals surface area (Å²) in [5, 5.41) is 0. The number of pyridine rings is 1. The van der Waals surface area contributed by atoms with Gasteiger partial charge in [-0.2, -0.15) is 0 Å². The zero-order valence-corrected chi connectivity index (χ0v) is 14.1. The van der Waals surface area contributed by atoms with Crippen molar-refractivity contribution >= 4 is 0 Å². The molecule has 0 amide bonds. The van der Waals surface area contributed by atoms with E-state index < -0.39 is 0 Å². The van der Waals surface area contributed by atoms with Crippen LogP contribution in [0.15, 0.2) is 18.5 Å². The molecule has 0 radical (unpaired) electrons. The van der Waals surface area contributed by atoms with E-state index in [1.807, 2.05) is 20.0 Å². The standard InChI is InChI=1S/C18H30N2O/c1-12(2)21-15-8-13(10-20-11-15)16-9-14(18(3,4)5)6-7-17(16)19/h8,10-12,14,16-17H,6-7,9,19H2,1-5H3. The van der Waals surface area contributed by atoms with Crippen molar-refractivity contribution in [2.24, 2.45) is 17.1 Å². The van der Waals surface area contributed by atoms with Crippen LogP contribution in [0, 0.1) is 11.3 Å². The minimum absolute atomic E-state index is 0.171. The zero-order valence-electron chi connectivity index (χ0n) is 14.1. The molecule has 3 unspecified atom stereocenters. The highest BCUT2D eigenvalue weighted by Gasteiger charge is 2.35. The molecule has 0 aromatic carbocycles. The Balaban J connectivity index is 2.18. The minimum Gasteiger partial charge on any atom is -0.489 e. The summed E-state index contributed by atoms with van der Waals surface area (Å²) in [6.45, 7) is 11.1. The fraction of sp³-hybridized carbons (Fsp3) is 0.722. The summed E-state index contributed by atoms with van der Waals surface area (Å²) in [6, 6.07) is 2.36. The first-order chi connectivity index (χ1) is 9.77. The van der Waals surface area contributed by atoms with Crippen molar-refractivity contribution in [2.45, 2.75) is 71.9 Å². The second-order valence-corrected chi connectivity index (χ2v) is 7.77. The molecule has 0 saturated heterocycles. The highest BCUT2D eigenvalue weighted by atomic mass is 16.5. The third kappa shape index (κ3) is 4.19. The maximum atomic E-state index is 6.40. The lowest BCUT2D eigenvalue weighted by Crippen LogP contribution is -2.38. The predicted molar refractivity (Wildman–Crippen MR) is 87.5 cm³/mol. The Hall–Kier alpha value is -1.09. The van der Waals surface area contributed by atoms with E-state index in [2.05, 4.69) is 31.8 Å². The van der Waals surface area contributed by atoms with Gasteiger partial charge in [-0.15, -0.1) is 0 Å². The Kier molecular flexibility index (Phi) is 4.92. The van der Waals surface area contributed by atoms with Gasteiger partial charge in [0.2, 0.25) is 0 Å². The molecule has 1 aromatic rings. The Labute approximate surface area is 129 Å². The van der Waals surface area contributed by atoms with Gasteiger partial charge in [0, 0.05) is 18.2 Å². The van der Waals surface area contributed by atoms with Gasteiger partial charge in [-0.25, -0.2) is 0 Å². The molecule has 1 aromatic heterocycles. The van der Waals surface area contributed by atoms with E-state index in [1.165, 1.54) is 12.0 Å². The molecule has 2 N–H and O–H groups in total. The van der Waals surface area contributed by atoms with Gasteiger partial charge >= 0.3 is 0 Å². The van der Waals surface area contributed by atoms with Crippen LogP contribution in [0.5, 0.6) is 5.75 Å². The third-order valence-electron chi connectivity index (χ3n) is 4.66. The third-order valence-corrected chi connectivity index (χ3v) is 4.66. The summed E-state index contributed by atoms with van der Waals surface area (Å²) in [5.74, 6) is 1.97. The molecule has 118 valence electrons. The van der Waals surface area contributed by atoms with Gasteiger partial charge < -0.3 is 10.5 Å². The summed E-state index contributed by atoms with van der Waals surface area (Å²) in [4.78, 5) is 4.35. The van der Waals surface area contributed by atoms with Crippen molar-refractivity contribution in [3.63, 3.8) is 0 Å². The van der Waals surface area contributed by atoms with Crippen molar-refractivity contribution in [1.29, 1.82) is 0 Å². The van der Waals surface area contributed by atoms with Crippen LogP contribution in [-0.2, 0) is 0 Å². The second kappa shape index (κ2) is 6.35. The van der Waals surface area contributed by atoms with Crippen LogP contribution in [0.1, 0.15) is 65.4 Å². The number of rotatable bonds is 3. The first-order valence-corrected chi connectivity index (χ1v) is 8.14. The lowest BCUT2D eigenvalue weighted by molar-refractivity contribution is 0.153. The number of nitrogens with zero attached hydrogens (tertiary/aromatic N) is 1. The summed E-state index contributed by atoms with van der Waals surface area (Å²) in [5.41, 5.74) is 7.98. The molecule has 1 saturated carbocycles. The van der Waals surface area contributed by atoms with Crippen molar-refractivity contribution in [1.82, 2.24) is 4.98 Å². The van der Waals surface area contributed by atoms with Crippen molar-refractivity contribution in [3.05, 3.63) is 24.0 Å². The molecule has 0 aliphatic heterocycles. The van der Waals surface area contributed by atoms with Crippen LogP contribution >= 0.6 is 0 Å². The van der Waals surface area contributed by atoms with Gasteiger partial charge in [-0.1, -0.05) is 20.8 Å². The predicted octanol–water partition coefficient (Wildman–Crippen LogP) is 4.13. The molecule has 3 heteroatoms. The van der Waals surface area contributed by atoms with Gasteiger partial charge in [0.1, 0.15) is 5.75 Å². The number of ether oxygens (including phenoxy) is 1. The average molecular weight is 290 g/mol. The van der Waals surface area contributed by atoms with Gasteiger partial charge in [0.15, 0.2) is 0 Å². The molecule has 0 spiro atoms. The first-order valence-electron chi connectivity index (χ1n) is 8.14. The van der Waals surface area contributed by atoms with Crippen LogP contribution < -0.4 is 10.5 Å². The highest BCUT2D eigenvalue weighted by molar-refractivity contribution is 5.28. The smallest absolute Gasteiger partial charge is 0.138 e. The number of nitrogens with two attached hydrogens (primary N) is 1. The van der Waals surface area contributed by atoms with Crippen molar-refractivity contribution in [3.8, 4) is 5.75 Å². The fourth-order valence-electron chi connectivity index (χ4n) is 3.34. The lowest BCUT2D eigenvalue weighted by atomic mass is 9.66. The molecule has 21 heavy (non-hydrogen) atoms. The topological polar surface area (TPSA) is 48.1 Å². The van der Waals surface area contributed by atoms with Crippen LogP contribution in [0.25, 0.3) is 0 Å². The SMILES string of the molecule is CC(C)Oc1cncc(C2CC(C(C)(C)C)CCC2N)c1. The molecule has 1 fully saturated rings. The zero-order chi connectivity index (χ0) is 15.6. The maximum absolute atomic E-state index is 6.40. The molecule has 1 aliphatic rings. The summed E-state index contributed by atoms with van der Waals surface area (Å²) in [6.07, 6.45) is 7.40. The van der Waals surface area contributed by atoms with Crippen molar-refractivity contribution < 1.29 is 4.74 Å². The van der Waals surface area contributed by atoms with E-state index in [9.17, 15) is 0 Å². The molecule has 1 heterocycles. The quantitative estimate of drug-likeness (QED) is 0.910. The molecule has 3 atom stereocenters. The summed E-state index contributed by atoms with van der Waals surface area (Å²) in [7, 11) is 0. The van der Waals surface area contributed by atoms with Gasteiger partial charge in [-0.3, -0.25) is 4.98 Å². The average Bonchev–Trinajstić information content (AvgIpc) is 2.37. The fourth-order valence-corrected chi connectivity index (χ4v) is 3.34. The molecular formula is C18H30N2O. The summed E-state index contributed by atoms with van der Waals surface area (Å²) < 4.78 is 5.77. The number of aromatic nitrogens is 1. The summed E-state index contributed by atoms with van der Waals surface area (Å²) >= 11 is 0. The highest BCUT2D eigenvalue weighted by Crippen LogP contribution is 2.43. The Bertz CT molecular complexity index is 465. The van der Waals surface area contributed by atoms with E-state index in [1.54, 1.807) is 6.20 Å². The van der Waals surface area contributed by atoms with Crippen LogP contribution in [0.3, 0.4) is 0 Å². The number of hydrogen-bond acceptors (Lipinski definition) is 3.